The molecule has 1 atom stereocenters. The van der Waals surface area contributed by atoms with Gasteiger partial charge >= 0.3 is 12.0 Å². The number of amides is 2. The molecule has 1 aliphatic rings. The minimum absolute atomic E-state index is 0.190. The Morgan fingerprint density at radius 2 is 1.57 bits per heavy atom. The molecule has 0 unspecified atom stereocenters. The highest BCUT2D eigenvalue weighted by molar-refractivity contribution is 5.84. The molecule has 148 valence electrons. The molecule has 5 heteroatoms. The van der Waals surface area contributed by atoms with Crippen LogP contribution < -0.4 is 5.32 Å². The van der Waals surface area contributed by atoms with E-state index in [9.17, 15) is 9.59 Å². The average Bonchev–Trinajstić information content (AvgIpc) is 2.73. The topological polar surface area (TPSA) is 58.6 Å². The molecule has 0 aromatic heterocycles. The van der Waals surface area contributed by atoms with Crippen molar-refractivity contribution in [1.29, 1.82) is 0 Å². The summed E-state index contributed by atoms with van der Waals surface area (Å²) in [6, 6.07) is 18.3. The monoisotopic (exact) mass is 380 g/mol. The van der Waals surface area contributed by atoms with Crippen molar-refractivity contribution in [3.05, 3.63) is 71.8 Å². The first-order chi connectivity index (χ1) is 13.6. The summed E-state index contributed by atoms with van der Waals surface area (Å²) in [6.45, 7) is 3.85. The van der Waals surface area contributed by atoms with Crippen molar-refractivity contribution in [3.8, 4) is 0 Å². The Bertz CT molecular complexity index is 756. The third-order valence-corrected chi connectivity index (χ3v) is 5.16. The van der Waals surface area contributed by atoms with Gasteiger partial charge in [-0.2, -0.15) is 0 Å². The molecule has 0 radical (unpaired) electrons. The lowest BCUT2D eigenvalue weighted by molar-refractivity contribution is -0.147. The standard InChI is InChI=1S/C23H28N2O3/c1-18-12-14-25(15-13-18)23(27)24-21(16-19-8-4-2-5-9-19)22(26)28-17-20-10-6-3-7-11-20/h2-11,18,21H,12-17H2,1H3,(H,24,27)/t21-/m0/s1. The van der Waals surface area contributed by atoms with E-state index in [1.807, 2.05) is 60.7 Å². The van der Waals surface area contributed by atoms with Gasteiger partial charge in [-0.15, -0.1) is 0 Å². The summed E-state index contributed by atoms with van der Waals surface area (Å²) in [5.74, 6) is 0.228. The zero-order valence-electron chi connectivity index (χ0n) is 16.3. The van der Waals surface area contributed by atoms with E-state index in [1.165, 1.54) is 0 Å². The van der Waals surface area contributed by atoms with Crippen LogP contribution in [0.2, 0.25) is 0 Å². The van der Waals surface area contributed by atoms with Gasteiger partial charge in [0.1, 0.15) is 12.6 Å². The highest BCUT2D eigenvalue weighted by atomic mass is 16.5. The summed E-state index contributed by atoms with van der Waals surface area (Å²) in [7, 11) is 0. The van der Waals surface area contributed by atoms with Crippen LogP contribution in [-0.2, 0) is 22.6 Å². The zero-order chi connectivity index (χ0) is 19.8. The third kappa shape index (κ3) is 5.84. The molecule has 0 saturated carbocycles. The van der Waals surface area contributed by atoms with Crippen LogP contribution in [0.3, 0.4) is 0 Å². The number of carbonyl (C=O) groups excluding carboxylic acids is 2. The third-order valence-electron chi connectivity index (χ3n) is 5.16. The van der Waals surface area contributed by atoms with E-state index in [-0.39, 0.29) is 12.6 Å². The lowest BCUT2D eigenvalue weighted by Gasteiger charge is -2.31. The summed E-state index contributed by atoms with van der Waals surface area (Å²) in [5, 5.41) is 2.90. The summed E-state index contributed by atoms with van der Waals surface area (Å²) >= 11 is 0. The van der Waals surface area contributed by atoms with Gasteiger partial charge in [-0.05, 0) is 29.9 Å². The average molecular weight is 380 g/mol. The predicted molar refractivity (Wildman–Crippen MR) is 109 cm³/mol. The Kier molecular flexibility index (Phi) is 7.06. The smallest absolute Gasteiger partial charge is 0.329 e. The molecule has 28 heavy (non-hydrogen) atoms. The number of nitrogens with zero attached hydrogens (tertiary/aromatic N) is 1. The highest BCUT2D eigenvalue weighted by Crippen LogP contribution is 2.16. The number of ether oxygens (including phenoxy) is 1. The van der Waals surface area contributed by atoms with E-state index in [4.69, 9.17) is 4.74 Å². The van der Waals surface area contributed by atoms with Crippen molar-refractivity contribution >= 4 is 12.0 Å². The van der Waals surface area contributed by atoms with Crippen LogP contribution in [0.15, 0.2) is 60.7 Å². The second-order valence-electron chi connectivity index (χ2n) is 7.45. The number of rotatable bonds is 6. The molecule has 1 fully saturated rings. The largest absolute Gasteiger partial charge is 0.459 e. The molecule has 2 amide bonds. The second kappa shape index (κ2) is 9.93. The van der Waals surface area contributed by atoms with Crippen LogP contribution in [0, 0.1) is 5.92 Å². The van der Waals surface area contributed by atoms with E-state index < -0.39 is 12.0 Å². The molecular weight excluding hydrogens is 352 g/mol. The predicted octanol–water partition coefficient (Wildman–Crippen LogP) is 3.78. The quantitative estimate of drug-likeness (QED) is 0.776. The highest BCUT2D eigenvalue weighted by Gasteiger charge is 2.27. The number of hydrogen-bond donors (Lipinski definition) is 1. The summed E-state index contributed by atoms with van der Waals surface area (Å²) in [4.78, 5) is 27.2. The Morgan fingerprint density at radius 1 is 1.00 bits per heavy atom. The van der Waals surface area contributed by atoms with Crippen molar-refractivity contribution in [1.82, 2.24) is 10.2 Å². The number of likely N-dealkylation sites (tertiary alicyclic amines) is 1. The summed E-state index contributed by atoms with van der Waals surface area (Å²) in [5.41, 5.74) is 1.90. The number of benzene rings is 2. The molecular formula is C23H28N2O3. The minimum atomic E-state index is -0.710. The fourth-order valence-electron chi connectivity index (χ4n) is 3.32. The molecule has 0 spiro atoms. The van der Waals surface area contributed by atoms with Crippen LogP contribution in [-0.4, -0.2) is 36.0 Å². The maximum atomic E-state index is 12.7. The van der Waals surface area contributed by atoms with Crippen molar-refractivity contribution in [2.75, 3.05) is 13.1 Å². The number of carbonyl (C=O) groups is 2. The normalized spacial score (nSPS) is 15.7. The number of nitrogens with one attached hydrogen (secondary N) is 1. The molecule has 5 nitrogen and oxygen atoms in total. The van der Waals surface area contributed by atoms with E-state index in [0.717, 1.165) is 37.1 Å². The lowest BCUT2D eigenvalue weighted by atomic mass is 9.99. The van der Waals surface area contributed by atoms with Crippen LogP contribution in [0.1, 0.15) is 30.9 Å². The van der Waals surface area contributed by atoms with Gasteiger partial charge in [0, 0.05) is 19.5 Å². The first-order valence-corrected chi connectivity index (χ1v) is 9.92. The van der Waals surface area contributed by atoms with E-state index in [1.54, 1.807) is 4.90 Å². The van der Waals surface area contributed by atoms with E-state index in [0.29, 0.717) is 12.3 Å². The Hall–Kier alpha value is -2.82. The SMILES string of the molecule is CC1CCN(C(=O)N[C@@H](Cc2ccccc2)C(=O)OCc2ccccc2)CC1. The summed E-state index contributed by atoms with van der Waals surface area (Å²) in [6.07, 6.45) is 2.40. The number of piperidine rings is 1. The van der Waals surface area contributed by atoms with Crippen molar-refractivity contribution in [2.24, 2.45) is 5.92 Å². The van der Waals surface area contributed by atoms with Gasteiger partial charge in [0.25, 0.3) is 0 Å². The van der Waals surface area contributed by atoms with E-state index in [2.05, 4.69) is 12.2 Å². The fraction of sp³-hybridized carbons (Fsp3) is 0.391. The molecule has 0 aliphatic carbocycles. The zero-order valence-corrected chi connectivity index (χ0v) is 16.3. The maximum absolute atomic E-state index is 12.7. The van der Waals surface area contributed by atoms with Crippen LogP contribution in [0.4, 0.5) is 4.79 Å². The molecule has 0 bridgehead atoms. The Labute approximate surface area is 166 Å². The van der Waals surface area contributed by atoms with Crippen molar-refractivity contribution in [3.63, 3.8) is 0 Å². The maximum Gasteiger partial charge on any atom is 0.329 e. The number of esters is 1. The van der Waals surface area contributed by atoms with Crippen LogP contribution in [0.5, 0.6) is 0 Å². The first kappa shape index (κ1) is 19.9. The molecule has 1 saturated heterocycles. The van der Waals surface area contributed by atoms with Gasteiger partial charge in [0.05, 0.1) is 0 Å². The van der Waals surface area contributed by atoms with E-state index >= 15 is 0 Å². The number of urea groups is 1. The molecule has 3 rings (SSSR count). The molecule has 1 N–H and O–H groups in total. The summed E-state index contributed by atoms with van der Waals surface area (Å²) < 4.78 is 5.50. The van der Waals surface area contributed by atoms with Crippen molar-refractivity contribution in [2.45, 2.75) is 38.8 Å². The lowest BCUT2D eigenvalue weighted by Crippen LogP contribution is -2.51. The molecule has 2 aromatic carbocycles. The second-order valence-corrected chi connectivity index (χ2v) is 7.45. The van der Waals surface area contributed by atoms with Gasteiger partial charge in [-0.3, -0.25) is 0 Å². The fourth-order valence-corrected chi connectivity index (χ4v) is 3.32. The Morgan fingerprint density at radius 3 is 2.18 bits per heavy atom. The minimum Gasteiger partial charge on any atom is -0.459 e. The first-order valence-electron chi connectivity index (χ1n) is 9.92. The Balaban J connectivity index is 1.63. The van der Waals surface area contributed by atoms with Gasteiger partial charge in [-0.25, -0.2) is 9.59 Å². The molecule has 1 aliphatic heterocycles. The van der Waals surface area contributed by atoms with Crippen LogP contribution >= 0.6 is 0 Å². The van der Waals surface area contributed by atoms with Crippen LogP contribution in [0.25, 0.3) is 0 Å². The number of hydrogen-bond acceptors (Lipinski definition) is 3. The van der Waals surface area contributed by atoms with Gasteiger partial charge in [0.2, 0.25) is 0 Å². The van der Waals surface area contributed by atoms with Crippen molar-refractivity contribution < 1.29 is 14.3 Å². The van der Waals surface area contributed by atoms with Gasteiger partial charge in [-0.1, -0.05) is 67.6 Å². The molecule has 1 heterocycles. The molecule has 2 aromatic rings. The van der Waals surface area contributed by atoms with Gasteiger partial charge in [0.15, 0.2) is 0 Å². The van der Waals surface area contributed by atoms with Gasteiger partial charge < -0.3 is 15.0 Å².